The molecular weight excluding hydrogens is 270 g/mol. The number of benzene rings is 1. The summed E-state index contributed by atoms with van der Waals surface area (Å²) in [6, 6.07) is 7.44. The number of hydrogen-bond acceptors (Lipinski definition) is 4. The van der Waals surface area contributed by atoms with Gasteiger partial charge in [0.15, 0.2) is 5.82 Å². The molecule has 0 amide bonds. The number of carbonyl (C=O) groups is 1. The molecule has 1 atom stereocenters. The third-order valence-corrected chi connectivity index (χ3v) is 3.79. The van der Waals surface area contributed by atoms with E-state index in [4.69, 9.17) is 0 Å². The molecule has 0 radical (unpaired) electrons. The Balaban J connectivity index is 2.06. The number of carboxylic acid groups (broad SMARTS) is 1. The molecule has 0 saturated carbocycles. The third-order valence-electron chi connectivity index (χ3n) is 3.79. The molecule has 2 heterocycles. The van der Waals surface area contributed by atoms with Crippen LogP contribution in [0.5, 0.6) is 0 Å². The van der Waals surface area contributed by atoms with Gasteiger partial charge in [-0.1, -0.05) is 24.3 Å². The Hall–Kier alpha value is -2.63. The number of aliphatic carboxylic acids is 1. The fourth-order valence-electron chi connectivity index (χ4n) is 2.68. The first-order chi connectivity index (χ1) is 10.1. The predicted molar refractivity (Wildman–Crippen MR) is 77.3 cm³/mol. The maximum absolute atomic E-state index is 12.2. The van der Waals surface area contributed by atoms with E-state index in [-0.39, 0.29) is 12.1 Å². The number of hydrogen-bond donors (Lipinski definition) is 1. The van der Waals surface area contributed by atoms with Gasteiger partial charge in [-0.2, -0.15) is 0 Å². The van der Waals surface area contributed by atoms with E-state index in [0.29, 0.717) is 12.4 Å². The first-order valence-corrected chi connectivity index (χ1v) is 6.65. The van der Waals surface area contributed by atoms with Gasteiger partial charge < -0.3 is 14.6 Å². The highest BCUT2D eigenvalue weighted by atomic mass is 16.4. The SMILES string of the molecule is Cn1ccnc(N2Cc3ccccc3C(C(=O)O)C2)c1=O. The minimum Gasteiger partial charge on any atom is -0.481 e. The molecule has 3 rings (SSSR count). The number of anilines is 1. The summed E-state index contributed by atoms with van der Waals surface area (Å²) in [5.74, 6) is -1.25. The Morgan fingerprint density at radius 3 is 2.90 bits per heavy atom. The van der Waals surface area contributed by atoms with Gasteiger partial charge in [-0.3, -0.25) is 9.59 Å². The molecule has 108 valence electrons. The molecule has 6 nitrogen and oxygen atoms in total. The maximum atomic E-state index is 12.2. The van der Waals surface area contributed by atoms with Crippen LogP contribution in [0.4, 0.5) is 5.82 Å². The quantitative estimate of drug-likeness (QED) is 0.889. The maximum Gasteiger partial charge on any atom is 0.312 e. The molecule has 1 aromatic carbocycles. The number of nitrogens with zero attached hydrogens (tertiary/aromatic N) is 3. The van der Waals surface area contributed by atoms with E-state index in [9.17, 15) is 14.7 Å². The van der Waals surface area contributed by atoms with Crippen LogP contribution in [0.1, 0.15) is 17.0 Å². The van der Waals surface area contributed by atoms with E-state index in [1.54, 1.807) is 24.3 Å². The second-order valence-electron chi connectivity index (χ2n) is 5.14. The van der Waals surface area contributed by atoms with Gasteiger partial charge in [0.2, 0.25) is 0 Å². The standard InChI is InChI=1S/C15H15N3O3/c1-17-7-6-16-13(14(17)19)18-8-10-4-2-3-5-11(10)12(9-18)15(20)21/h2-7,12H,8-9H2,1H3,(H,20,21). The van der Waals surface area contributed by atoms with Crippen LogP contribution in [0, 0.1) is 0 Å². The first-order valence-electron chi connectivity index (χ1n) is 6.65. The lowest BCUT2D eigenvalue weighted by atomic mass is 9.90. The molecular formula is C15H15N3O3. The van der Waals surface area contributed by atoms with E-state index in [2.05, 4.69) is 4.98 Å². The number of fused-ring (bicyclic) bond motifs is 1. The van der Waals surface area contributed by atoms with Gasteiger partial charge in [-0.15, -0.1) is 0 Å². The largest absolute Gasteiger partial charge is 0.481 e. The summed E-state index contributed by atoms with van der Waals surface area (Å²) in [7, 11) is 1.65. The van der Waals surface area contributed by atoms with Gasteiger partial charge in [0.25, 0.3) is 5.56 Å². The van der Waals surface area contributed by atoms with Gasteiger partial charge in [0.05, 0.1) is 5.92 Å². The summed E-state index contributed by atoms with van der Waals surface area (Å²) in [6.07, 6.45) is 3.13. The van der Waals surface area contributed by atoms with Gasteiger partial charge in [0.1, 0.15) is 0 Å². The lowest BCUT2D eigenvalue weighted by molar-refractivity contribution is -0.138. The van der Waals surface area contributed by atoms with Gasteiger partial charge in [-0.05, 0) is 11.1 Å². The Bertz CT molecular complexity index is 754. The molecule has 1 N–H and O–H groups in total. The second kappa shape index (κ2) is 5.05. The number of rotatable bonds is 2. The molecule has 1 aromatic heterocycles. The highest BCUT2D eigenvalue weighted by Gasteiger charge is 2.31. The number of aryl methyl sites for hydroxylation is 1. The van der Waals surface area contributed by atoms with Crippen LogP contribution in [-0.4, -0.2) is 27.2 Å². The lowest BCUT2D eigenvalue weighted by Crippen LogP contribution is -2.40. The van der Waals surface area contributed by atoms with Crippen LogP contribution >= 0.6 is 0 Å². The van der Waals surface area contributed by atoms with Gasteiger partial charge in [0, 0.05) is 32.5 Å². The van der Waals surface area contributed by atoms with Crippen molar-refractivity contribution in [3.05, 3.63) is 58.1 Å². The monoisotopic (exact) mass is 285 g/mol. The Labute approximate surface area is 121 Å². The normalized spacial score (nSPS) is 17.4. The molecule has 0 fully saturated rings. The van der Waals surface area contributed by atoms with Crippen molar-refractivity contribution < 1.29 is 9.90 Å². The zero-order valence-corrected chi connectivity index (χ0v) is 11.6. The van der Waals surface area contributed by atoms with Crippen molar-refractivity contribution in [3.8, 4) is 0 Å². The van der Waals surface area contributed by atoms with E-state index in [1.165, 1.54) is 4.57 Å². The van der Waals surface area contributed by atoms with E-state index in [0.717, 1.165) is 11.1 Å². The fourth-order valence-corrected chi connectivity index (χ4v) is 2.68. The lowest BCUT2D eigenvalue weighted by Gasteiger charge is -2.33. The van der Waals surface area contributed by atoms with Crippen LogP contribution < -0.4 is 10.5 Å². The van der Waals surface area contributed by atoms with E-state index in [1.807, 2.05) is 24.3 Å². The molecule has 6 heteroatoms. The highest BCUT2D eigenvalue weighted by Crippen LogP contribution is 2.29. The van der Waals surface area contributed by atoms with E-state index >= 15 is 0 Å². The summed E-state index contributed by atoms with van der Waals surface area (Å²) in [4.78, 5) is 29.6. The Morgan fingerprint density at radius 2 is 2.14 bits per heavy atom. The smallest absolute Gasteiger partial charge is 0.312 e. The molecule has 1 aliphatic rings. The van der Waals surface area contributed by atoms with Crippen LogP contribution in [-0.2, 0) is 18.4 Å². The Kier molecular flexibility index (Phi) is 3.21. The van der Waals surface area contributed by atoms with Gasteiger partial charge in [-0.25, -0.2) is 4.98 Å². The topological polar surface area (TPSA) is 75.4 Å². The molecule has 21 heavy (non-hydrogen) atoms. The van der Waals surface area contributed by atoms with Crippen molar-refractivity contribution in [2.75, 3.05) is 11.4 Å². The summed E-state index contributed by atoms with van der Waals surface area (Å²) in [5, 5.41) is 9.44. The van der Waals surface area contributed by atoms with Gasteiger partial charge >= 0.3 is 5.97 Å². The second-order valence-corrected chi connectivity index (χ2v) is 5.14. The summed E-state index contributed by atoms with van der Waals surface area (Å²) < 4.78 is 1.44. The van der Waals surface area contributed by atoms with Crippen molar-refractivity contribution in [1.82, 2.24) is 9.55 Å². The molecule has 0 saturated heterocycles. The summed E-state index contributed by atoms with van der Waals surface area (Å²) >= 11 is 0. The highest BCUT2D eigenvalue weighted by molar-refractivity contribution is 5.78. The van der Waals surface area contributed by atoms with Crippen LogP contribution in [0.3, 0.4) is 0 Å². The zero-order chi connectivity index (χ0) is 15.0. The molecule has 1 aliphatic heterocycles. The average Bonchev–Trinajstić information content (AvgIpc) is 2.48. The molecule has 2 aromatic rings. The summed E-state index contributed by atoms with van der Waals surface area (Å²) in [6.45, 7) is 0.741. The number of carboxylic acids is 1. The first kappa shape index (κ1) is 13.4. The molecule has 0 aliphatic carbocycles. The third kappa shape index (κ3) is 2.29. The van der Waals surface area contributed by atoms with Crippen molar-refractivity contribution >= 4 is 11.8 Å². The average molecular weight is 285 g/mol. The zero-order valence-electron chi connectivity index (χ0n) is 11.6. The Morgan fingerprint density at radius 1 is 1.38 bits per heavy atom. The van der Waals surface area contributed by atoms with Crippen LogP contribution in [0.15, 0.2) is 41.5 Å². The van der Waals surface area contributed by atoms with Crippen molar-refractivity contribution in [2.24, 2.45) is 7.05 Å². The van der Waals surface area contributed by atoms with Crippen LogP contribution in [0.2, 0.25) is 0 Å². The summed E-state index contributed by atoms with van der Waals surface area (Å²) in [5.41, 5.74) is 1.51. The van der Waals surface area contributed by atoms with Crippen molar-refractivity contribution in [2.45, 2.75) is 12.5 Å². The minimum absolute atomic E-state index is 0.221. The minimum atomic E-state index is -0.889. The molecule has 0 spiro atoms. The van der Waals surface area contributed by atoms with E-state index < -0.39 is 11.9 Å². The predicted octanol–water partition coefficient (Wildman–Crippen LogP) is 0.969. The van der Waals surface area contributed by atoms with Crippen molar-refractivity contribution in [3.63, 3.8) is 0 Å². The molecule has 1 unspecified atom stereocenters. The number of aromatic nitrogens is 2. The fraction of sp³-hybridized carbons (Fsp3) is 0.267. The van der Waals surface area contributed by atoms with Crippen molar-refractivity contribution in [1.29, 1.82) is 0 Å². The molecule has 0 bridgehead atoms. The van der Waals surface area contributed by atoms with Crippen LogP contribution in [0.25, 0.3) is 0 Å².